The first-order valence-corrected chi connectivity index (χ1v) is 13.2. The van der Waals surface area contributed by atoms with E-state index in [9.17, 15) is 14.7 Å². The van der Waals surface area contributed by atoms with E-state index >= 15 is 0 Å². The van der Waals surface area contributed by atoms with Crippen LogP contribution in [0.1, 0.15) is 55.2 Å². The molecule has 1 saturated carbocycles. The van der Waals surface area contributed by atoms with Crippen LogP contribution in [0, 0.1) is 13.8 Å². The molecule has 1 aliphatic heterocycles. The maximum atomic E-state index is 13.0. The molecule has 202 valence electrons. The number of carbonyl (C=O) groups is 2. The molecule has 0 spiro atoms. The number of aryl methyl sites for hydroxylation is 2. The van der Waals surface area contributed by atoms with Gasteiger partial charge in [0.25, 0.3) is 5.91 Å². The largest absolute Gasteiger partial charge is 0.455 e. The van der Waals surface area contributed by atoms with Gasteiger partial charge in [-0.25, -0.2) is 4.52 Å². The lowest BCUT2D eigenvalue weighted by Crippen LogP contribution is -2.60. The fourth-order valence-corrected chi connectivity index (χ4v) is 4.59. The quantitative estimate of drug-likeness (QED) is 0.381. The first-order valence-electron chi connectivity index (χ1n) is 13.2. The summed E-state index contributed by atoms with van der Waals surface area (Å²) in [5.74, 6) is 1.07. The van der Waals surface area contributed by atoms with Crippen LogP contribution >= 0.6 is 0 Å². The van der Waals surface area contributed by atoms with Crippen molar-refractivity contribution in [1.82, 2.24) is 24.4 Å². The third-order valence-corrected chi connectivity index (χ3v) is 7.14. The number of β-amino-alcohol motifs (C(OH)–C–C–N with tert-alkyl or cyclic N) is 1. The molecule has 2 atom stereocenters. The molecule has 1 aromatic carbocycles. The number of hydrogen-bond donors (Lipinski definition) is 2. The number of nitrogens with one attached hydrogen (secondary N) is 1. The maximum Gasteiger partial charge on any atom is 0.256 e. The highest BCUT2D eigenvalue weighted by atomic mass is 16.5. The van der Waals surface area contributed by atoms with Gasteiger partial charge in [-0.3, -0.25) is 14.2 Å². The molecule has 3 aromatic heterocycles. The zero-order valence-corrected chi connectivity index (χ0v) is 22.9. The summed E-state index contributed by atoms with van der Waals surface area (Å²) in [5, 5.41) is 18.1. The number of ether oxygens (including phenoxy) is 1. The Bertz CT molecular complexity index is 1450. The van der Waals surface area contributed by atoms with Crippen LogP contribution in [0.3, 0.4) is 0 Å². The Morgan fingerprint density at radius 1 is 1.18 bits per heavy atom. The average molecular weight is 520 g/mol. The summed E-state index contributed by atoms with van der Waals surface area (Å²) in [4.78, 5) is 25.9. The SMILES string of the molecule is CC.CNC1CC1.Cc1c(C(=O)N2CC(O)C2C)cn2nccc(Oc3ccc4c(c3)cc(C)n4C=O)c12. The molecule has 2 unspecified atom stereocenters. The van der Waals surface area contributed by atoms with E-state index in [4.69, 9.17) is 4.74 Å². The molecular formula is C29H37N5O4. The van der Waals surface area contributed by atoms with Crippen LogP contribution in [-0.2, 0) is 4.79 Å². The molecule has 1 saturated heterocycles. The maximum absolute atomic E-state index is 13.0. The van der Waals surface area contributed by atoms with Crippen molar-refractivity contribution in [1.29, 1.82) is 0 Å². The van der Waals surface area contributed by atoms with Gasteiger partial charge in [0.15, 0.2) is 5.75 Å². The standard InChI is InChI=1S/C23H22N4O4.C4H9N.C2H6/c1-13-8-16-9-17(4-5-19(16)26(13)12-28)31-21-6-7-24-27-10-18(14(2)22(21)27)23(30)25-11-20(29)15(25)3;1-5-4-2-3-4;1-2/h4-10,12,15,20,29H,11H2,1-3H3;4-5H,2-3H2,1H3;1-2H3. The number of fused-ring (bicyclic) bond motifs is 2. The van der Waals surface area contributed by atoms with Crippen molar-refractivity contribution in [3.63, 3.8) is 0 Å². The van der Waals surface area contributed by atoms with Gasteiger partial charge in [0, 0.05) is 35.9 Å². The van der Waals surface area contributed by atoms with Crippen molar-refractivity contribution < 1.29 is 19.4 Å². The van der Waals surface area contributed by atoms with E-state index in [0.717, 1.165) is 34.6 Å². The van der Waals surface area contributed by atoms with Gasteiger partial charge in [0.1, 0.15) is 11.3 Å². The topological polar surface area (TPSA) is 101 Å². The molecule has 9 heteroatoms. The number of benzene rings is 1. The third kappa shape index (κ3) is 5.16. The van der Waals surface area contributed by atoms with E-state index < -0.39 is 6.10 Å². The highest BCUT2D eigenvalue weighted by molar-refractivity contribution is 5.99. The summed E-state index contributed by atoms with van der Waals surface area (Å²) in [7, 11) is 2.01. The molecule has 38 heavy (non-hydrogen) atoms. The monoisotopic (exact) mass is 519 g/mol. The van der Waals surface area contributed by atoms with Gasteiger partial charge in [-0.1, -0.05) is 13.8 Å². The number of aliphatic hydroxyl groups is 1. The summed E-state index contributed by atoms with van der Waals surface area (Å²) in [6, 6.07) is 9.92. The molecular weight excluding hydrogens is 482 g/mol. The summed E-state index contributed by atoms with van der Waals surface area (Å²) in [5.41, 5.74) is 3.69. The molecule has 9 nitrogen and oxygen atoms in total. The highest BCUT2D eigenvalue weighted by Crippen LogP contribution is 2.33. The molecule has 2 N–H and O–H groups in total. The summed E-state index contributed by atoms with van der Waals surface area (Å²) in [6.45, 7) is 9.92. The molecule has 0 bridgehead atoms. The summed E-state index contributed by atoms with van der Waals surface area (Å²) >= 11 is 0. The Hall–Kier alpha value is -3.69. The minimum atomic E-state index is -0.481. The highest BCUT2D eigenvalue weighted by Gasteiger charge is 2.38. The summed E-state index contributed by atoms with van der Waals surface area (Å²) in [6.07, 6.45) is 6.44. The van der Waals surface area contributed by atoms with Crippen LogP contribution < -0.4 is 10.1 Å². The van der Waals surface area contributed by atoms with Crippen molar-refractivity contribution in [2.24, 2.45) is 0 Å². The molecule has 2 fully saturated rings. The Balaban J connectivity index is 0.000000425. The lowest BCUT2D eigenvalue weighted by molar-refractivity contribution is -0.0357. The van der Waals surface area contributed by atoms with Crippen LogP contribution in [0.25, 0.3) is 16.4 Å². The Kier molecular flexibility index (Phi) is 8.18. The van der Waals surface area contributed by atoms with Gasteiger partial charge in [-0.05, 0) is 70.5 Å². The molecule has 4 aromatic rings. The van der Waals surface area contributed by atoms with Gasteiger partial charge in [-0.2, -0.15) is 5.10 Å². The van der Waals surface area contributed by atoms with Gasteiger partial charge >= 0.3 is 0 Å². The number of amides is 1. The summed E-state index contributed by atoms with van der Waals surface area (Å²) < 4.78 is 9.41. The molecule has 6 rings (SSSR count). The minimum absolute atomic E-state index is 0.126. The predicted molar refractivity (Wildman–Crippen MR) is 149 cm³/mol. The van der Waals surface area contributed by atoms with Crippen molar-refractivity contribution in [2.45, 2.75) is 65.6 Å². The van der Waals surface area contributed by atoms with Crippen LogP contribution in [0.15, 0.2) is 42.7 Å². The normalized spacial score (nSPS) is 18.2. The number of carbonyl (C=O) groups excluding carboxylic acids is 2. The smallest absolute Gasteiger partial charge is 0.256 e. The fraction of sp³-hybridized carbons (Fsp3) is 0.414. The van der Waals surface area contributed by atoms with Crippen molar-refractivity contribution in [2.75, 3.05) is 13.6 Å². The second-order valence-electron chi connectivity index (χ2n) is 9.57. The van der Waals surface area contributed by atoms with Crippen LogP contribution in [0.5, 0.6) is 11.5 Å². The van der Waals surface area contributed by atoms with Gasteiger partial charge < -0.3 is 20.1 Å². The molecule has 4 heterocycles. The van der Waals surface area contributed by atoms with E-state index in [1.54, 1.807) is 32.4 Å². The van der Waals surface area contributed by atoms with Crippen molar-refractivity contribution >= 4 is 28.7 Å². The molecule has 1 amide bonds. The Labute approximate surface area is 223 Å². The number of aliphatic hydroxyl groups excluding tert-OH is 1. The molecule has 2 aliphatic rings. The second kappa shape index (κ2) is 11.4. The predicted octanol–water partition coefficient (Wildman–Crippen LogP) is 4.34. The van der Waals surface area contributed by atoms with Gasteiger partial charge in [0.2, 0.25) is 6.41 Å². The number of rotatable bonds is 5. The van der Waals surface area contributed by atoms with Crippen LogP contribution in [-0.4, -0.2) is 68.3 Å². The van der Waals surface area contributed by atoms with Crippen molar-refractivity contribution in [3.05, 3.63) is 59.5 Å². The lowest BCUT2D eigenvalue weighted by atomic mass is 9.99. The van der Waals surface area contributed by atoms with Crippen LogP contribution in [0.4, 0.5) is 0 Å². The molecule has 1 aliphatic carbocycles. The number of hydrogen-bond acceptors (Lipinski definition) is 6. The Morgan fingerprint density at radius 3 is 2.50 bits per heavy atom. The number of nitrogens with zero attached hydrogens (tertiary/aromatic N) is 4. The van der Waals surface area contributed by atoms with E-state index in [-0.39, 0.29) is 11.9 Å². The zero-order chi connectivity index (χ0) is 27.6. The second-order valence-corrected chi connectivity index (χ2v) is 9.57. The van der Waals surface area contributed by atoms with Crippen molar-refractivity contribution in [3.8, 4) is 11.5 Å². The minimum Gasteiger partial charge on any atom is -0.455 e. The van der Waals surface area contributed by atoms with E-state index in [1.807, 2.05) is 65.9 Å². The van der Waals surface area contributed by atoms with E-state index in [1.165, 1.54) is 12.8 Å². The first kappa shape index (κ1) is 27.3. The number of likely N-dealkylation sites (tertiary alicyclic amines) is 1. The van der Waals surface area contributed by atoms with Gasteiger partial charge in [-0.15, -0.1) is 0 Å². The lowest BCUT2D eigenvalue weighted by Gasteiger charge is -2.43. The number of aromatic nitrogens is 3. The first-order chi connectivity index (χ1) is 18.3. The van der Waals surface area contributed by atoms with E-state index in [2.05, 4.69) is 10.4 Å². The van der Waals surface area contributed by atoms with E-state index in [0.29, 0.717) is 29.1 Å². The average Bonchev–Trinajstić information content (AvgIpc) is 3.64. The van der Waals surface area contributed by atoms with Crippen LogP contribution in [0.2, 0.25) is 0 Å². The molecule has 0 radical (unpaired) electrons. The third-order valence-electron chi connectivity index (χ3n) is 7.14. The van der Waals surface area contributed by atoms with Gasteiger partial charge in [0.05, 0.1) is 29.4 Å². The zero-order valence-electron chi connectivity index (χ0n) is 22.9. The Morgan fingerprint density at radius 2 is 1.92 bits per heavy atom. The fourth-order valence-electron chi connectivity index (χ4n) is 4.59.